The number of ether oxygens (including phenoxy) is 2. The minimum absolute atomic E-state index is 0.246. The third-order valence-electron chi connectivity index (χ3n) is 5.87. The lowest BCUT2D eigenvalue weighted by Gasteiger charge is -2.24. The van der Waals surface area contributed by atoms with Crippen LogP contribution in [0.1, 0.15) is 30.0 Å². The van der Waals surface area contributed by atoms with Crippen LogP contribution in [0.25, 0.3) is 16.6 Å². The first-order valence-corrected chi connectivity index (χ1v) is 10.5. The van der Waals surface area contributed by atoms with Crippen molar-refractivity contribution in [1.82, 2.24) is 4.57 Å². The van der Waals surface area contributed by atoms with Gasteiger partial charge in [-0.05, 0) is 60.9 Å². The van der Waals surface area contributed by atoms with Crippen LogP contribution >= 0.6 is 0 Å². The van der Waals surface area contributed by atoms with E-state index in [0.717, 1.165) is 40.7 Å². The fourth-order valence-electron chi connectivity index (χ4n) is 4.30. The van der Waals surface area contributed by atoms with Gasteiger partial charge >= 0.3 is 0 Å². The number of nitrogens with zero attached hydrogens (tertiary/aromatic N) is 1. The molecule has 1 aliphatic heterocycles. The topological polar surface area (TPSA) is 23.4 Å². The zero-order valence-corrected chi connectivity index (χ0v) is 17.1. The first-order valence-electron chi connectivity index (χ1n) is 10.5. The molecule has 3 nitrogen and oxygen atoms in total. The Kier molecular flexibility index (Phi) is 5.43. The second-order valence-electron chi connectivity index (χ2n) is 7.85. The SMILES string of the molecule is Fc1ccc(-n2c(C3CCOCC3)cc3c(OCc4ccccc4)c(F)ccc32)cc1. The molecule has 1 saturated heterocycles. The lowest BCUT2D eigenvalue weighted by atomic mass is 9.96. The van der Waals surface area contributed by atoms with Crippen LogP contribution in [-0.2, 0) is 11.3 Å². The molecule has 5 rings (SSSR count). The molecular weight excluding hydrogens is 396 g/mol. The average molecular weight is 419 g/mol. The zero-order chi connectivity index (χ0) is 21.2. The quantitative estimate of drug-likeness (QED) is 0.375. The van der Waals surface area contributed by atoms with Crippen LogP contribution in [0, 0.1) is 11.6 Å². The van der Waals surface area contributed by atoms with Gasteiger partial charge in [0.05, 0.1) is 5.52 Å². The molecule has 3 aromatic carbocycles. The largest absolute Gasteiger partial charge is 0.485 e. The molecule has 0 atom stereocenters. The summed E-state index contributed by atoms with van der Waals surface area (Å²) in [6, 6.07) is 21.4. The minimum atomic E-state index is -0.391. The Morgan fingerprint density at radius 3 is 2.39 bits per heavy atom. The second kappa shape index (κ2) is 8.52. The molecular formula is C26H23F2NO2. The highest BCUT2D eigenvalue weighted by molar-refractivity contribution is 5.89. The number of halogens is 2. The highest BCUT2D eigenvalue weighted by Gasteiger charge is 2.24. The fraction of sp³-hybridized carbons (Fsp3) is 0.231. The van der Waals surface area contributed by atoms with E-state index in [1.807, 2.05) is 36.4 Å². The number of aromatic nitrogens is 1. The van der Waals surface area contributed by atoms with Crippen LogP contribution in [0.4, 0.5) is 8.78 Å². The summed E-state index contributed by atoms with van der Waals surface area (Å²) < 4.78 is 42.1. The highest BCUT2D eigenvalue weighted by atomic mass is 19.1. The number of benzene rings is 3. The highest BCUT2D eigenvalue weighted by Crippen LogP contribution is 2.39. The van der Waals surface area contributed by atoms with Crippen molar-refractivity contribution in [2.24, 2.45) is 0 Å². The molecule has 158 valence electrons. The molecule has 0 saturated carbocycles. The predicted molar refractivity (Wildman–Crippen MR) is 117 cm³/mol. The van der Waals surface area contributed by atoms with Gasteiger partial charge in [0.2, 0.25) is 0 Å². The van der Waals surface area contributed by atoms with Gasteiger partial charge in [-0.3, -0.25) is 0 Å². The van der Waals surface area contributed by atoms with Crippen molar-refractivity contribution in [3.63, 3.8) is 0 Å². The lowest BCUT2D eigenvalue weighted by molar-refractivity contribution is 0.0842. The Morgan fingerprint density at radius 2 is 1.65 bits per heavy atom. The molecule has 2 heterocycles. The van der Waals surface area contributed by atoms with E-state index in [4.69, 9.17) is 9.47 Å². The number of fused-ring (bicyclic) bond motifs is 1. The molecule has 0 aliphatic carbocycles. The van der Waals surface area contributed by atoms with Crippen molar-refractivity contribution in [3.8, 4) is 11.4 Å². The summed E-state index contributed by atoms with van der Waals surface area (Å²) in [5.41, 5.74) is 3.73. The van der Waals surface area contributed by atoms with E-state index in [1.165, 1.54) is 18.2 Å². The summed E-state index contributed by atoms with van der Waals surface area (Å²) in [6.07, 6.45) is 1.78. The van der Waals surface area contributed by atoms with Crippen molar-refractivity contribution in [3.05, 3.63) is 95.7 Å². The van der Waals surface area contributed by atoms with Crippen molar-refractivity contribution >= 4 is 10.9 Å². The Morgan fingerprint density at radius 1 is 0.903 bits per heavy atom. The molecule has 0 unspecified atom stereocenters. The average Bonchev–Trinajstić information content (AvgIpc) is 3.20. The Hall–Kier alpha value is -3.18. The summed E-state index contributed by atoms with van der Waals surface area (Å²) in [5, 5.41) is 0.724. The van der Waals surface area contributed by atoms with Gasteiger partial charge in [0.25, 0.3) is 0 Å². The fourth-order valence-corrected chi connectivity index (χ4v) is 4.30. The van der Waals surface area contributed by atoms with Gasteiger partial charge in [0.15, 0.2) is 11.6 Å². The van der Waals surface area contributed by atoms with Gasteiger partial charge in [-0.2, -0.15) is 0 Å². The van der Waals surface area contributed by atoms with Crippen LogP contribution < -0.4 is 4.74 Å². The van der Waals surface area contributed by atoms with Crippen LogP contribution in [0.15, 0.2) is 72.8 Å². The number of hydrogen-bond donors (Lipinski definition) is 0. The number of rotatable bonds is 5. The first-order chi connectivity index (χ1) is 15.2. The maximum Gasteiger partial charge on any atom is 0.165 e. The van der Waals surface area contributed by atoms with Gasteiger partial charge in [-0.1, -0.05) is 30.3 Å². The van der Waals surface area contributed by atoms with Crippen LogP contribution in [0.5, 0.6) is 5.75 Å². The molecule has 0 amide bonds. The Balaban J connectivity index is 1.63. The Bertz CT molecular complexity index is 1180. The summed E-state index contributed by atoms with van der Waals surface area (Å²) in [5.74, 6) is -0.157. The minimum Gasteiger partial charge on any atom is -0.485 e. The van der Waals surface area contributed by atoms with E-state index < -0.39 is 5.82 Å². The van der Waals surface area contributed by atoms with Crippen molar-refractivity contribution in [1.29, 1.82) is 0 Å². The lowest BCUT2D eigenvalue weighted by Crippen LogP contribution is -2.16. The molecule has 0 bridgehead atoms. The smallest absolute Gasteiger partial charge is 0.165 e. The maximum atomic E-state index is 14.9. The van der Waals surface area contributed by atoms with E-state index in [2.05, 4.69) is 4.57 Å². The monoisotopic (exact) mass is 419 g/mol. The molecule has 4 aromatic rings. The third-order valence-corrected chi connectivity index (χ3v) is 5.87. The molecule has 31 heavy (non-hydrogen) atoms. The molecule has 1 fully saturated rings. The van der Waals surface area contributed by atoms with Gasteiger partial charge < -0.3 is 14.0 Å². The molecule has 1 aliphatic rings. The third kappa shape index (κ3) is 3.93. The zero-order valence-electron chi connectivity index (χ0n) is 17.1. The van der Waals surface area contributed by atoms with Crippen molar-refractivity contribution in [2.45, 2.75) is 25.4 Å². The van der Waals surface area contributed by atoms with Crippen molar-refractivity contribution in [2.75, 3.05) is 13.2 Å². The van der Waals surface area contributed by atoms with Gasteiger partial charge in [-0.15, -0.1) is 0 Å². The summed E-state index contributed by atoms with van der Waals surface area (Å²) in [7, 11) is 0. The summed E-state index contributed by atoms with van der Waals surface area (Å²) >= 11 is 0. The van der Waals surface area contributed by atoms with Gasteiger partial charge in [0.1, 0.15) is 12.4 Å². The van der Waals surface area contributed by atoms with Crippen LogP contribution in [0.3, 0.4) is 0 Å². The van der Waals surface area contributed by atoms with Gasteiger partial charge in [0, 0.05) is 35.9 Å². The summed E-state index contributed by atoms with van der Waals surface area (Å²) in [4.78, 5) is 0. The van der Waals surface area contributed by atoms with E-state index in [0.29, 0.717) is 13.2 Å². The molecule has 0 radical (unpaired) electrons. The molecule has 5 heteroatoms. The van der Waals surface area contributed by atoms with Crippen LogP contribution in [0.2, 0.25) is 0 Å². The maximum absolute atomic E-state index is 14.9. The molecule has 0 spiro atoms. The van der Waals surface area contributed by atoms with E-state index >= 15 is 0 Å². The normalized spacial score (nSPS) is 14.8. The molecule has 1 aromatic heterocycles. The van der Waals surface area contributed by atoms with E-state index in [9.17, 15) is 8.78 Å². The summed E-state index contributed by atoms with van der Waals surface area (Å²) in [6.45, 7) is 1.67. The first kappa shape index (κ1) is 19.8. The Labute approximate surface area is 179 Å². The van der Waals surface area contributed by atoms with Crippen LogP contribution in [-0.4, -0.2) is 17.8 Å². The van der Waals surface area contributed by atoms with Gasteiger partial charge in [-0.25, -0.2) is 8.78 Å². The van der Waals surface area contributed by atoms with E-state index in [1.54, 1.807) is 18.2 Å². The van der Waals surface area contributed by atoms with E-state index in [-0.39, 0.29) is 24.1 Å². The number of hydrogen-bond acceptors (Lipinski definition) is 2. The predicted octanol–water partition coefficient (Wildman–Crippen LogP) is 6.38. The molecule has 0 N–H and O–H groups in total. The van der Waals surface area contributed by atoms with Crippen molar-refractivity contribution < 1.29 is 18.3 Å². The standard InChI is InChI=1S/C26H23F2NO2/c27-20-6-8-21(9-7-20)29-24-11-10-23(28)26(31-17-18-4-2-1-3-5-18)22(24)16-25(29)19-12-14-30-15-13-19/h1-11,16,19H,12-15,17H2. The second-order valence-corrected chi connectivity index (χ2v) is 7.85.